The quantitative estimate of drug-likeness (QED) is 0.779. The van der Waals surface area contributed by atoms with Crippen molar-refractivity contribution in [2.45, 2.75) is 50.6 Å². The first kappa shape index (κ1) is 14.3. The Morgan fingerprint density at radius 3 is 2.19 bits per heavy atom. The van der Waals surface area contributed by atoms with E-state index in [0.29, 0.717) is 12.1 Å². The van der Waals surface area contributed by atoms with Crippen molar-refractivity contribution in [1.82, 2.24) is 5.32 Å². The van der Waals surface area contributed by atoms with Gasteiger partial charge in [0.15, 0.2) is 0 Å². The van der Waals surface area contributed by atoms with Gasteiger partial charge in [-0.2, -0.15) is 0 Å². The molecule has 1 N–H and O–H groups in total. The molecule has 0 aliphatic heterocycles. The fourth-order valence-electron chi connectivity index (χ4n) is 3.36. The molecule has 0 saturated heterocycles. The smallest absolute Gasteiger partial charge is 0.0322 e. The maximum Gasteiger partial charge on any atom is 0.0322 e. The van der Waals surface area contributed by atoms with Crippen molar-refractivity contribution in [3.63, 3.8) is 0 Å². The summed E-state index contributed by atoms with van der Waals surface area (Å²) in [7, 11) is 0. The van der Waals surface area contributed by atoms with Gasteiger partial charge in [-0.05, 0) is 36.3 Å². The molecule has 21 heavy (non-hydrogen) atoms. The van der Waals surface area contributed by atoms with Crippen LogP contribution < -0.4 is 5.32 Å². The lowest BCUT2D eigenvalue weighted by molar-refractivity contribution is 0.259. The van der Waals surface area contributed by atoms with Gasteiger partial charge in [-0.15, -0.1) is 0 Å². The number of benzene rings is 2. The summed E-state index contributed by atoms with van der Waals surface area (Å²) in [6, 6.07) is 23.0. The third-order valence-corrected chi connectivity index (χ3v) is 4.63. The van der Waals surface area contributed by atoms with Crippen molar-refractivity contribution in [3.8, 4) is 0 Å². The first-order valence-electron chi connectivity index (χ1n) is 8.22. The topological polar surface area (TPSA) is 12.0 Å². The van der Waals surface area contributed by atoms with Crippen LogP contribution in [0.4, 0.5) is 0 Å². The molecule has 110 valence electrons. The van der Waals surface area contributed by atoms with Gasteiger partial charge in [-0.1, -0.05) is 74.0 Å². The normalized spacial score (nSPS) is 22.5. The summed E-state index contributed by atoms with van der Waals surface area (Å²) in [6.07, 6.45) is 4.99. The lowest BCUT2D eigenvalue weighted by atomic mass is 9.75. The zero-order valence-corrected chi connectivity index (χ0v) is 12.8. The molecule has 0 heterocycles. The Morgan fingerprint density at radius 1 is 0.952 bits per heavy atom. The highest BCUT2D eigenvalue weighted by atomic mass is 15.0. The van der Waals surface area contributed by atoms with Crippen LogP contribution in [0.15, 0.2) is 60.7 Å². The molecule has 0 bridgehead atoms. The average Bonchev–Trinajstić information content (AvgIpc) is 2.51. The third kappa shape index (κ3) is 3.54. The molecule has 1 aliphatic rings. The van der Waals surface area contributed by atoms with E-state index in [0.717, 1.165) is 5.92 Å². The van der Waals surface area contributed by atoms with E-state index in [1.54, 1.807) is 0 Å². The van der Waals surface area contributed by atoms with Gasteiger partial charge in [0.05, 0.1) is 0 Å². The van der Waals surface area contributed by atoms with E-state index in [2.05, 4.69) is 72.9 Å². The van der Waals surface area contributed by atoms with Gasteiger partial charge in [0.25, 0.3) is 0 Å². The molecule has 1 nitrogen and oxygen atoms in total. The molecule has 1 aliphatic carbocycles. The van der Waals surface area contributed by atoms with Gasteiger partial charge < -0.3 is 5.32 Å². The van der Waals surface area contributed by atoms with E-state index in [9.17, 15) is 0 Å². The van der Waals surface area contributed by atoms with E-state index in [1.165, 1.54) is 36.8 Å². The van der Waals surface area contributed by atoms with Crippen molar-refractivity contribution in [3.05, 3.63) is 71.8 Å². The van der Waals surface area contributed by atoms with Crippen molar-refractivity contribution < 1.29 is 0 Å². The summed E-state index contributed by atoms with van der Waals surface area (Å²) in [5.41, 5.74) is 2.94. The second-order valence-corrected chi connectivity index (χ2v) is 6.19. The van der Waals surface area contributed by atoms with Crippen LogP contribution in [0.2, 0.25) is 0 Å². The molecule has 1 fully saturated rings. The Morgan fingerprint density at radius 2 is 1.57 bits per heavy atom. The first-order valence-corrected chi connectivity index (χ1v) is 8.22. The minimum atomic E-state index is 0.512. The molecule has 2 aromatic carbocycles. The molecule has 0 radical (unpaired) electrons. The summed E-state index contributed by atoms with van der Waals surface area (Å²) < 4.78 is 0. The fraction of sp³-hybridized carbons (Fsp3) is 0.400. The van der Waals surface area contributed by atoms with Gasteiger partial charge in [0.2, 0.25) is 0 Å². The summed E-state index contributed by atoms with van der Waals surface area (Å²) in [6.45, 7) is 2.27. The van der Waals surface area contributed by atoms with Gasteiger partial charge in [-0.25, -0.2) is 0 Å². The van der Waals surface area contributed by atoms with Gasteiger partial charge in [0, 0.05) is 12.1 Å². The first-order chi connectivity index (χ1) is 10.4. The van der Waals surface area contributed by atoms with Crippen molar-refractivity contribution in [2.75, 3.05) is 0 Å². The van der Waals surface area contributed by atoms with Crippen LogP contribution in [0, 0.1) is 0 Å². The van der Waals surface area contributed by atoms with Crippen LogP contribution in [0.3, 0.4) is 0 Å². The van der Waals surface area contributed by atoms with Crippen LogP contribution in [0.1, 0.15) is 55.7 Å². The second kappa shape index (κ2) is 6.91. The molecule has 1 unspecified atom stereocenters. The predicted molar refractivity (Wildman–Crippen MR) is 89.4 cm³/mol. The molecule has 1 atom stereocenters. The van der Waals surface area contributed by atoms with Crippen LogP contribution in [-0.4, -0.2) is 6.04 Å². The third-order valence-electron chi connectivity index (χ3n) is 4.63. The van der Waals surface area contributed by atoms with E-state index in [-0.39, 0.29) is 0 Å². The van der Waals surface area contributed by atoms with Crippen LogP contribution in [0.5, 0.6) is 0 Å². The Hall–Kier alpha value is -1.60. The molecular weight excluding hydrogens is 254 g/mol. The maximum atomic E-state index is 3.87. The Bertz CT molecular complexity index is 528. The standard InChI is InChI=1S/C20H25N/c1-2-9-20(17-12-7-4-8-13-17)21-19-14-18(15-19)16-10-5-3-6-11-16/h3-8,10-13,18-21H,2,9,14-15H2,1H3. The monoisotopic (exact) mass is 279 g/mol. The fourth-order valence-corrected chi connectivity index (χ4v) is 3.36. The number of nitrogens with one attached hydrogen (secondary N) is 1. The van der Waals surface area contributed by atoms with Crippen LogP contribution in [0.25, 0.3) is 0 Å². The van der Waals surface area contributed by atoms with Crippen molar-refractivity contribution >= 4 is 0 Å². The minimum Gasteiger partial charge on any atom is -0.307 e. The van der Waals surface area contributed by atoms with Gasteiger partial charge >= 0.3 is 0 Å². The minimum absolute atomic E-state index is 0.512. The van der Waals surface area contributed by atoms with E-state index < -0.39 is 0 Å². The summed E-state index contributed by atoms with van der Waals surface area (Å²) in [4.78, 5) is 0. The Balaban J connectivity index is 1.57. The van der Waals surface area contributed by atoms with E-state index in [1.807, 2.05) is 0 Å². The van der Waals surface area contributed by atoms with Crippen molar-refractivity contribution in [1.29, 1.82) is 0 Å². The SMILES string of the molecule is CCCC(NC1CC(c2ccccc2)C1)c1ccccc1. The second-order valence-electron chi connectivity index (χ2n) is 6.19. The zero-order chi connectivity index (χ0) is 14.5. The van der Waals surface area contributed by atoms with Crippen LogP contribution in [-0.2, 0) is 0 Å². The number of hydrogen-bond donors (Lipinski definition) is 1. The molecule has 0 amide bonds. The highest BCUT2D eigenvalue weighted by molar-refractivity contribution is 5.24. The largest absolute Gasteiger partial charge is 0.307 e. The maximum absolute atomic E-state index is 3.87. The highest BCUT2D eigenvalue weighted by Crippen LogP contribution is 2.38. The lowest BCUT2D eigenvalue weighted by Crippen LogP contribution is -2.42. The zero-order valence-electron chi connectivity index (χ0n) is 12.8. The van der Waals surface area contributed by atoms with Gasteiger partial charge in [-0.3, -0.25) is 0 Å². The van der Waals surface area contributed by atoms with E-state index >= 15 is 0 Å². The molecular formula is C20H25N. The average molecular weight is 279 g/mol. The molecule has 0 aromatic heterocycles. The van der Waals surface area contributed by atoms with Crippen molar-refractivity contribution in [2.24, 2.45) is 0 Å². The molecule has 0 spiro atoms. The Kier molecular flexibility index (Phi) is 4.72. The highest BCUT2D eigenvalue weighted by Gasteiger charge is 2.31. The molecule has 1 heteroatoms. The number of hydrogen-bond acceptors (Lipinski definition) is 1. The molecule has 2 aromatic rings. The van der Waals surface area contributed by atoms with Crippen LogP contribution >= 0.6 is 0 Å². The molecule has 3 rings (SSSR count). The summed E-state index contributed by atoms with van der Waals surface area (Å²) in [5, 5.41) is 3.87. The summed E-state index contributed by atoms with van der Waals surface area (Å²) >= 11 is 0. The number of rotatable bonds is 6. The van der Waals surface area contributed by atoms with E-state index in [4.69, 9.17) is 0 Å². The summed E-state index contributed by atoms with van der Waals surface area (Å²) in [5.74, 6) is 0.752. The Labute approximate surface area is 128 Å². The predicted octanol–water partition coefficient (Wildman–Crippen LogP) is 5.06. The van der Waals surface area contributed by atoms with Gasteiger partial charge in [0.1, 0.15) is 0 Å². The lowest BCUT2D eigenvalue weighted by Gasteiger charge is -2.39. The molecule has 1 saturated carbocycles.